The maximum atomic E-state index is 13.6. The van der Waals surface area contributed by atoms with Crippen molar-refractivity contribution in [2.45, 2.75) is 13.0 Å². The first-order valence-corrected chi connectivity index (χ1v) is 6.40. The van der Waals surface area contributed by atoms with E-state index in [1.165, 1.54) is 12.1 Å². The number of phenolic OH excluding ortho intramolecular Hbond substituents is 1. The molecular formula is C15H13ClFNO2. The average molecular weight is 294 g/mol. The van der Waals surface area contributed by atoms with Crippen LogP contribution in [-0.2, 0) is 0 Å². The van der Waals surface area contributed by atoms with Crippen LogP contribution in [0.15, 0.2) is 42.5 Å². The summed E-state index contributed by atoms with van der Waals surface area (Å²) >= 11 is 5.88. The highest BCUT2D eigenvalue weighted by Gasteiger charge is 2.18. The molecule has 0 spiro atoms. The van der Waals surface area contributed by atoms with Crippen LogP contribution in [0.5, 0.6) is 5.75 Å². The van der Waals surface area contributed by atoms with Crippen LogP contribution in [-0.4, -0.2) is 11.0 Å². The zero-order valence-electron chi connectivity index (χ0n) is 10.7. The molecule has 0 saturated heterocycles. The average Bonchev–Trinajstić information content (AvgIpc) is 2.38. The lowest BCUT2D eigenvalue weighted by Crippen LogP contribution is -2.27. The van der Waals surface area contributed by atoms with Gasteiger partial charge in [-0.05, 0) is 36.8 Å². The summed E-state index contributed by atoms with van der Waals surface area (Å²) in [4.78, 5) is 12.0. The molecule has 104 valence electrons. The summed E-state index contributed by atoms with van der Waals surface area (Å²) in [5, 5.41) is 12.7. The smallest absolute Gasteiger partial charge is 0.258 e. The quantitative estimate of drug-likeness (QED) is 0.907. The van der Waals surface area contributed by atoms with Gasteiger partial charge in [0.15, 0.2) is 0 Å². The predicted octanol–water partition coefficient (Wildman–Crippen LogP) is 3.68. The number of benzene rings is 2. The highest BCUT2D eigenvalue weighted by molar-refractivity contribution is 6.30. The van der Waals surface area contributed by atoms with Crippen LogP contribution in [0, 0.1) is 5.82 Å². The number of carbonyl (C=O) groups is 1. The summed E-state index contributed by atoms with van der Waals surface area (Å²) in [5.74, 6) is -1.82. The Bertz CT molecular complexity index is 625. The lowest BCUT2D eigenvalue weighted by atomic mass is 10.1. The number of aromatic hydroxyl groups is 1. The monoisotopic (exact) mass is 293 g/mol. The summed E-state index contributed by atoms with van der Waals surface area (Å²) < 4.78 is 13.6. The molecule has 0 aromatic heterocycles. The van der Waals surface area contributed by atoms with E-state index in [9.17, 15) is 14.3 Å². The molecule has 0 saturated carbocycles. The van der Waals surface area contributed by atoms with Gasteiger partial charge in [-0.3, -0.25) is 4.79 Å². The summed E-state index contributed by atoms with van der Waals surface area (Å²) in [6, 6.07) is 10.4. The first-order chi connectivity index (χ1) is 9.49. The lowest BCUT2D eigenvalue weighted by Gasteiger charge is -2.15. The summed E-state index contributed by atoms with van der Waals surface area (Å²) in [6.07, 6.45) is 0. The van der Waals surface area contributed by atoms with Gasteiger partial charge < -0.3 is 10.4 Å². The van der Waals surface area contributed by atoms with Crippen molar-refractivity contribution in [3.63, 3.8) is 0 Å². The van der Waals surface area contributed by atoms with Gasteiger partial charge in [-0.15, -0.1) is 0 Å². The van der Waals surface area contributed by atoms with Crippen LogP contribution in [0.2, 0.25) is 5.02 Å². The number of phenols is 1. The fourth-order valence-electron chi connectivity index (χ4n) is 1.87. The molecule has 3 nitrogen and oxygen atoms in total. The molecule has 5 heteroatoms. The SMILES string of the molecule is CC(NC(=O)c1c(O)cccc1F)c1cccc(Cl)c1. The van der Waals surface area contributed by atoms with Crippen molar-refractivity contribution in [2.75, 3.05) is 0 Å². The van der Waals surface area contributed by atoms with E-state index in [2.05, 4.69) is 5.32 Å². The molecule has 1 unspecified atom stereocenters. The number of nitrogens with one attached hydrogen (secondary N) is 1. The van der Waals surface area contributed by atoms with E-state index < -0.39 is 11.7 Å². The van der Waals surface area contributed by atoms with Crippen LogP contribution in [0.1, 0.15) is 28.9 Å². The molecule has 0 radical (unpaired) electrons. The Labute approximate surface area is 121 Å². The molecular weight excluding hydrogens is 281 g/mol. The predicted molar refractivity (Wildman–Crippen MR) is 75.4 cm³/mol. The molecule has 2 rings (SSSR count). The largest absolute Gasteiger partial charge is 0.507 e. The van der Waals surface area contributed by atoms with Crippen molar-refractivity contribution < 1.29 is 14.3 Å². The minimum Gasteiger partial charge on any atom is -0.507 e. The van der Waals surface area contributed by atoms with Gasteiger partial charge in [0.2, 0.25) is 0 Å². The van der Waals surface area contributed by atoms with E-state index in [1.807, 2.05) is 0 Å². The summed E-state index contributed by atoms with van der Waals surface area (Å²) in [5.41, 5.74) is 0.433. The van der Waals surface area contributed by atoms with Gasteiger partial charge >= 0.3 is 0 Å². The van der Waals surface area contributed by atoms with Crippen molar-refractivity contribution in [1.82, 2.24) is 5.32 Å². The maximum absolute atomic E-state index is 13.6. The van der Waals surface area contributed by atoms with E-state index in [1.54, 1.807) is 31.2 Å². The topological polar surface area (TPSA) is 49.3 Å². The van der Waals surface area contributed by atoms with Gasteiger partial charge in [-0.1, -0.05) is 29.8 Å². The van der Waals surface area contributed by atoms with Crippen molar-refractivity contribution >= 4 is 17.5 Å². The number of rotatable bonds is 3. The first kappa shape index (κ1) is 14.3. The Morgan fingerprint density at radius 1 is 1.30 bits per heavy atom. The third-order valence-corrected chi connectivity index (χ3v) is 3.15. The van der Waals surface area contributed by atoms with Crippen LogP contribution in [0.25, 0.3) is 0 Å². The van der Waals surface area contributed by atoms with Gasteiger partial charge in [-0.2, -0.15) is 0 Å². The highest BCUT2D eigenvalue weighted by atomic mass is 35.5. The molecule has 0 heterocycles. The second-order valence-corrected chi connectivity index (χ2v) is 4.82. The van der Waals surface area contributed by atoms with Crippen LogP contribution >= 0.6 is 11.6 Å². The van der Waals surface area contributed by atoms with Crippen molar-refractivity contribution in [2.24, 2.45) is 0 Å². The van der Waals surface area contributed by atoms with Gasteiger partial charge in [0.1, 0.15) is 17.1 Å². The molecule has 0 bridgehead atoms. The second kappa shape index (κ2) is 5.92. The van der Waals surface area contributed by atoms with Gasteiger partial charge in [0, 0.05) is 5.02 Å². The Kier molecular flexibility index (Phi) is 4.25. The molecule has 20 heavy (non-hydrogen) atoms. The Morgan fingerprint density at radius 2 is 2.00 bits per heavy atom. The molecule has 1 atom stereocenters. The molecule has 2 aromatic carbocycles. The second-order valence-electron chi connectivity index (χ2n) is 4.38. The molecule has 2 aromatic rings. The zero-order chi connectivity index (χ0) is 14.7. The number of hydrogen-bond acceptors (Lipinski definition) is 2. The van der Waals surface area contributed by atoms with Gasteiger partial charge in [0.05, 0.1) is 6.04 Å². The number of hydrogen-bond donors (Lipinski definition) is 2. The normalized spacial score (nSPS) is 11.9. The molecule has 2 N–H and O–H groups in total. The number of halogens is 2. The van der Waals surface area contributed by atoms with Gasteiger partial charge in [0.25, 0.3) is 5.91 Å². The first-order valence-electron chi connectivity index (χ1n) is 6.03. The number of amides is 1. The highest BCUT2D eigenvalue weighted by Crippen LogP contribution is 2.22. The van der Waals surface area contributed by atoms with E-state index >= 15 is 0 Å². The summed E-state index contributed by atoms with van der Waals surface area (Å²) in [6.45, 7) is 1.75. The Balaban J connectivity index is 2.20. The fourth-order valence-corrected chi connectivity index (χ4v) is 2.06. The van der Waals surface area contributed by atoms with Crippen LogP contribution in [0.3, 0.4) is 0 Å². The van der Waals surface area contributed by atoms with Gasteiger partial charge in [-0.25, -0.2) is 4.39 Å². The molecule has 0 aliphatic rings. The van der Waals surface area contributed by atoms with E-state index in [0.717, 1.165) is 11.6 Å². The molecule has 1 amide bonds. The lowest BCUT2D eigenvalue weighted by molar-refractivity contribution is 0.0933. The Hall–Kier alpha value is -2.07. The molecule has 0 fully saturated rings. The third kappa shape index (κ3) is 3.08. The minimum atomic E-state index is -0.763. The summed E-state index contributed by atoms with van der Waals surface area (Å²) in [7, 11) is 0. The number of carbonyl (C=O) groups excluding carboxylic acids is 1. The Morgan fingerprint density at radius 3 is 2.65 bits per heavy atom. The van der Waals surface area contributed by atoms with E-state index in [0.29, 0.717) is 5.02 Å². The van der Waals surface area contributed by atoms with Crippen molar-refractivity contribution in [3.05, 3.63) is 64.4 Å². The van der Waals surface area contributed by atoms with Crippen molar-refractivity contribution in [3.8, 4) is 5.75 Å². The standard InChI is InChI=1S/C15H13ClFNO2/c1-9(10-4-2-5-11(16)8-10)18-15(20)14-12(17)6-3-7-13(14)19/h2-9,19H,1H3,(H,18,20). The molecule has 0 aliphatic heterocycles. The van der Waals surface area contributed by atoms with Crippen LogP contribution in [0.4, 0.5) is 4.39 Å². The third-order valence-electron chi connectivity index (χ3n) is 2.91. The fraction of sp³-hybridized carbons (Fsp3) is 0.133. The molecule has 0 aliphatic carbocycles. The van der Waals surface area contributed by atoms with Crippen molar-refractivity contribution in [1.29, 1.82) is 0 Å². The van der Waals surface area contributed by atoms with E-state index in [4.69, 9.17) is 11.6 Å². The maximum Gasteiger partial charge on any atom is 0.258 e. The van der Waals surface area contributed by atoms with Crippen LogP contribution < -0.4 is 5.32 Å². The zero-order valence-corrected chi connectivity index (χ0v) is 11.5. The minimum absolute atomic E-state index is 0.360. The van der Waals surface area contributed by atoms with E-state index in [-0.39, 0.29) is 17.4 Å².